The van der Waals surface area contributed by atoms with Crippen molar-refractivity contribution in [3.63, 3.8) is 0 Å². The predicted octanol–water partition coefficient (Wildman–Crippen LogP) is 3.49. The summed E-state index contributed by atoms with van der Waals surface area (Å²) in [5.74, 6) is 0.231. The number of para-hydroxylation sites is 1. The molecule has 0 unspecified atom stereocenters. The lowest BCUT2D eigenvalue weighted by atomic mass is 9.90. The minimum absolute atomic E-state index is 0.0739. The molecule has 1 aromatic heterocycles. The predicted molar refractivity (Wildman–Crippen MR) is 73.4 cm³/mol. The van der Waals surface area contributed by atoms with Crippen LogP contribution in [0.4, 0.5) is 0 Å². The first kappa shape index (κ1) is 12.7. The first-order chi connectivity index (χ1) is 8.32. The number of rotatable bonds is 1. The van der Waals surface area contributed by atoms with Crippen LogP contribution in [0.25, 0.3) is 5.69 Å². The van der Waals surface area contributed by atoms with Gasteiger partial charge in [0.15, 0.2) is 0 Å². The van der Waals surface area contributed by atoms with E-state index in [2.05, 4.69) is 25.9 Å². The molecule has 1 aromatic carbocycles. The molecule has 0 saturated heterocycles. The van der Waals surface area contributed by atoms with E-state index in [-0.39, 0.29) is 11.3 Å². The molecular formula is C15H20N2O. The Labute approximate surface area is 108 Å². The van der Waals surface area contributed by atoms with Crippen LogP contribution in [0.15, 0.2) is 24.3 Å². The van der Waals surface area contributed by atoms with Crippen LogP contribution in [-0.2, 0) is 5.41 Å². The fraction of sp³-hybridized carbons (Fsp3) is 0.400. The number of hydrogen-bond donors (Lipinski definition) is 1. The SMILES string of the molecule is Cc1ccccc1-n1nc(C(C)(C)C)c(C)c1O. The third kappa shape index (κ3) is 2.01. The summed E-state index contributed by atoms with van der Waals surface area (Å²) < 4.78 is 1.63. The van der Waals surface area contributed by atoms with Crippen molar-refractivity contribution >= 4 is 0 Å². The van der Waals surface area contributed by atoms with Gasteiger partial charge in [-0.25, -0.2) is 4.68 Å². The summed E-state index contributed by atoms with van der Waals surface area (Å²) in [7, 11) is 0. The molecule has 0 atom stereocenters. The normalized spacial score (nSPS) is 11.8. The molecule has 0 aliphatic heterocycles. The van der Waals surface area contributed by atoms with Crippen molar-refractivity contribution in [2.45, 2.75) is 40.0 Å². The molecular weight excluding hydrogens is 224 g/mol. The molecule has 0 bridgehead atoms. The number of aryl methyl sites for hydroxylation is 1. The maximum atomic E-state index is 10.3. The summed E-state index contributed by atoms with van der Waals surface area (Å²) in [4.78, 5) is 0. The summed E-state index contributed by atoms with van der Waals surface area (Å²) in [6.45, 7) is 10.2. The molecule has 3 nitrogen and oxygen atoms in total. The molecule has 2 rings (SSSR count). The van der Waals surface area contributed by atoms with Crippen molar-refractivity contribution < 1.29 is 5.11 Å². The van der Waals surface area contributed by atoms with Gasteiger partial charge in [-0.2, -0.15) is 5.10 Å². The second kappa shape index (κ2) is 4.16. The Hall–Kier alpha value is -1.77. The van der Waals surface area contributed by atoms with Gasteiger partial charge in [-0.1, -0.05) is 39.0 Å². The number of aromatic nitrogens is 2. The highest BCUT2D eigenvalue weighted by atomic mass is 16.3. The molecule has 2 aromatic rings. The average Bonchev–Trinajstić information content (AvgIpc) is 2.57. The first-order valence-corrected chi connectivity index (χ1v) is 6.17. The second-order valence-corrected chi connectivity index (χ2v) is 5.75. The molecule has 0 aliphatic rings. The second-order valence-electron chi connectivity index (χ2n) is 5.75. The molecule has 0 spiro atoms. The fourth-order valence-corrected chi connectivity index (χ4v) is 2.17. The summed E-state index contributed by atoms with van der Waals surface area (Å²) in [6, 6.07) is 7.92. The highest BCUT2D eigenvalue weighted by Crippen LogP contribution is 2.32. The average molecular weight is 244 g/mol. The van der Waals surface area contributed by atoms with Gasteiger partial charge < -0.3 is 5.11 Å². The van der Waals surface area contributed by atoms with Gasteiger partial charge in [0, 0.05) is 11.0 Å². The fourth-order valence-electron chi connectivity index (χ4n) is 2.17. The minimum Gasteiger partial charge on any atom is -0.493 e. The number of benzene rings is 1. The largest absolute Gasteiger partial charge is 0.493 e. The van der Waals surface area contributed by atoms with E-state index in [4.69, 9.17) is 0 Å². The third-order valence-electron chi connectivity index (χ3n) is 3.15. The molecule has 0 fully saturated rings. The summed E-state index contributed by atoms with van der Waals surface area (Å²) in [5.41, 5.74) is 3.73. The first-order valence-electron chi connectivity index (χ1n) is 6.17. The maximum Gasteiger partial charge on any atom is 0.217 e. The van der Waals surface area contributed by atoms with E-state index < -0.39 is 0 Å². The topological polar surface area (TPSA) is 38.0 Å². The lowest BCUT2D eigenvalue weighted by Crippen LogP contribution is -2.14. The van der Waals surface area contributed by atoms with Crippen LogP contribution in [0.3, 0.4) is 0 Å². The van der Waals surface area contributed by atoms with E-state index in [1.807, 2.05) is 38.1 Å². The van der Waals surface area contributed by atoms with Crippen LogP contribution in [0.1, 0.15) is 37.6 Å². The zero-order valence-corrected chi connectivity index (χ0v) is 11.7. The summed E-state index contributed by atoms with van der Waals surface area (Å²) in [6.07, 6.45) is 0. The molecule has 0 saturated carbocycles. The number of hydrogen-bond acceptors (Lipinski definition) is 2. The van der Waals surface area contributed by atoms with Crippen molar-refractivity contribution in [3.05, 3.63) is 41.1 Å². The van der Waals surface area contributed by atoms with E-state index in [0.29, 0.717) is 0 Å². The molecule has 3 heteroatoms. The molecule has 0 radical (unpaired) electrons. The Morgan fingerprint density at radius 3 is 2.22 bits per heavy atom. The van der Waals surface area contributed by atoms with Crippen molar-refractivity contribution in [2.75, 3.05) is 0 Å². The van der Waals surface area contributed by atoms with Gasteiger partial charge in [-0.15, -0.1) is 0 Å². The van der Waals surface area contributed by atoms with Crippen molar-refractivity contribution in [3.8, 4) is 11.6 Å². The quantitative estimate of drug-likeness (QED) is 0.833. The zero-order valence-electron chi connectivity index (χ0n) is 11.7. The summed E-state index contributed by atoms with van der Waals surface area (Å²) >= 11 is 0. The molecule has 0 amide bonds. The Balaban J connectivity index is 2.65. The van der Waals surface area contributed by atoms with Crippen molar-refractivity contribution in [2.24, 2.45) is 0 Å². The smallest absolute Gasteiger partial charge is 0.217 e. The van der Waals surface area contributed by atoms with E-state index in [9.17, 15) is 5.11 Å². The van der Waals surface area contributed by atoms with Crippen molar-refractivity contribution in [1.82, 2.24) is 9.78 Å². The monoisotopic (exact) mass is 244 g/mol. The molecule has 0 aliphatic carbocycles. The van der Waals surface area contributed by atoms with E-state index in [1.54, 1.807) is 4.68 Å². The summed E-state index contributed by atoms with van der Waals surface area (Å²) in [5, 5.41) is 14.8. The lowest BCUT2D eigenvalue weighted by Gasteiger charge is -2.15. The lowest BCUT2D eigenvalue weighted by molar-refractivity contribution is 0.430. The van der Waals surface area contributed by atoms with Gasteiger partial charge in [-0.3, -0.25) is 0 Å². The van der Waals surface area contributed by atoms with Gasteiger partial charge >= 0.3 is 0 Å². The Bertz CT molecular complexity index is 577. The van der Waals surface area contributed by atoms with Gasteiger partial charge in [0.05, 0.1) is 11.4 Å². The van der Waals surface area contributed by atoms with Gasteiger partial charge in [0.2, 0.25) is 5.88 Å². The van der Waals surface area contributed by atoms with Crippen LogP contribution < -0.4 is 0 Å². The minimum atomic E-state index is -0.0739. The van der Waals surface area contributed by atoms with Crippen LogP contribution in [-0.4, -0.2) is 14.9 Å². The van der Waals surface area contributed by atoms with Gasteiger partial charge in [-0.05, 0) is 25.5 Å². The third-order valence-corrected chi connectivity index (χ3v) is 3.15. The zero-order chi connectivity index (χ0) is 13.5. The van der Waals surface area contributed by atoms with E-state index in [0.717, 1.165) is 22.5 Å². The number of nitrogens with zero attached hydrogens (tertiary/aromatic N) is 2. The molecule has 96 valence electrons. The van der Waals surface area contributed by atoms with Crippen LogP contribution in [0, 0.1) is 13.8 Å². The maximum absolute atomic E-state index is 10.3. The van der Waals surface area contributed by atoms with Crippen LogP contribution >= 0.6 is 0 Å². The Morgan fingerprint density at radius 2 is 1.72 bits per heavy atom. The van der Waals surface area contributed by atoms with E-state index in [1.165, 1.54) is 0 Å². The van der Waals surface area contributed by atoms with Crippen molar-refractivity contribution in [1.29, 1.82) is 0 Å². The highest BCUT2D eigenvalue weighted by molar-refractivity contribution is 5.45. The molecule has 1 N–H and O–H groups in total. The van der Waals surface area contributed by atoms with Gasteiger partial charge in [0.1, 0.15) is 0 Å². The van der Waals surface area contributed by atoms with Crippen LogP contribution in [0.5, 0.6) is 5.88 Å². The molecule has 18 heavy (non-hydrogen) atoms. The van der Waals surface area contributed by atoms with E-state index >= 15 is 0 Å². The Morgan fingerprint density at radius 1 is 1.11 bits per heavy atom. The standard InChI is InChI=1S/C15H20N2O/c1-10-8-6-7-9-12(10)17-14(18)11(2)13(16-17)15(3,4)5/h6-9,18H,1-5H3. The Kier molecular flexibility index (Phi) is 2.93. The highest BCUT2D eigenvalue weighted by Gasteiger charge is 2.24. The van der Waals surface area contributed by atoms with Gasteiger partial charge in [0.25, 0.3) is 0 Å². The van der Waals surface area contributed by atoms with Crippen LogP contribution in [0.2, 0.25) is 0 Å². The molecule has 1 heterocycles. The number of aromatic hydroxyl groups is 1.